The van der Waals surface area contributed by atoms with Gasteiger partial charge in [0.25, 0.3) is 0 Å². The Morgan fingerprint density at radius 3 is 1.62 bits per heavy atom. The van der Waals surface area contributed by atoms with Crippen LogP contribution in [0.4, 0.5) is 0 Å². The summed E-state index contributed by atoms with van der Waals surface area (Å²) < 4.78 is 33.8. The third kappa shape index (κ3) is 16.3. The van der Waals surface area contributed by atoms with E-state index in [1.807, 2.05) is 0 Å². The summed E-state index contributed by atoms with van der Waals surface area (Å²) in [6.07, 6.45) is 12.5. The number of hydrogen-bond donors (Lipinski definition) is 1. The molecular weight excluding hydrogens is 335 g/mol. The topological polar surface area (TPSA) is 77.4 Å². The fourth-order valence-electron chi connectivity index (χ4n) is 2.93. The average Bonchev–Trinajstić information content (AvgIpc) is 2.48. The van der Waals surface area contributed by atoms with Crippen LogP contribution in [0.25, 0.3) is 0 Å². The zero-order valence-corrected chi connectivity index (χ0v) is 19.0. The molecule has 0 aromatic rings. The third-order valence-corrected chi connectivity index (χ3v) is 5.78. The minimum atomic E-state index is -4.18. The number of aliphatic hydroxyl groups excluding tert-OH is 1. The first-order chi connectivity index (χ1) is 10.9. The van der Waals surface area contributed by atoms with E-state index in [9.17, 15) is 18.1 Å². The zero-order valence-electron chi connectivity index (χ0n) is 16.1. The van der Waals surface area contributed by atoms with E-state index in [0.29, 0.717) is 25.7 Å². The van der Waals surface area contributed by atoms with Crippen LogP contribution in [-0.4, -0.2) is 29.4 Å². The SMILES string of the molecule is CCCCCCCC(O)CCCCC(CCCCC)S(=O)(=O)[O-].[Na+]. The zero-order chi connectivity index (χ0) is 17.6. The monoisotopic (exact) mass is 372 g/mol. The second-order valence-electron chi connectivity index (χ2n) is 6.75. The van der Waals surface area contributed by atoms with E-state index in [4.69, 9.17) is 0 Å². The van der Waals surface area contributed by atoms with Crippen LogP contribution in [0.2, 0.25) is 0 Å². The Balaban J connectivity index is 0. The maximum Gasteiger partial charge on any atom is 1.00 e. The largest absolute Gasteiger partial charge is 1.00 e. The van der Waals surface area contributed by atoms with Crippen molar-refractivity contribution in [3.63, 3.8) is 0 Å². The van der Waals surface area contributed by atoms with Crippen molar-refractivity contribution in [3.05, 3.63) is 0 Å². The molecule has 0 amide bonds. The Morgan fingerprint density at radius 2 is 1.12 bits per heavy atom. The summed E-state index contributed by atoms with van der Waals surface area (Å²) >= 11 is 0. The van der Waals surface area contributed by atoms with E-state index >= 15 is 0 Å². The summed E-state index contributed by atoms with van der Waals surface area (Å²) in [6.45, 7) is 4.25. The van der Waals surface area contributed by atoms with Crippen LogP contribution in [-0.2, 0) is 10.1 Å². The van der Waals surface area contributed by atoms with E-state index in [0.717, 1.165) is 38.5 Å². The van der Waals surface area contributed by atoms with Crippen molar-refractivity contribution >= 4 is 10.1 Å². The van der Waals surface area contributed by atoms with Crippen molar-refractivity contribution in [2.75, 3.05) is 0 Å². The second kappa shape index (κ2) is 17.3. The Kier molecular flexibility index (Phi) is 19.5. The fraction of sp³-hybridized carbons (Fsp3) is 1.00. The fourth-order valence-corrected chi connectivity index (χ4v) is 3.85. The van der Waals surface area contributed by atoms with Crippen molar-refractivity contribution in [2.24, 2.45) is 0 Å². The van der Waals surface area contributed by atoms with E-state index in [-0.39, 0.29) is 35.7 Å². The molecule has 0 saturated heterocycles. The first-order valence-corrected chi connectivity index (χ1v) is 11.0. The van der Waals surface area contributed by atoms with Crippen LogP contribution in [0.3, 0.4) is 0 Å². The van der Waals surface area contributed by atoms with Crippen molar-refractivity contribution in [2.45, 2.75) is 115 Å². The van der Waals surface area contributed by atoms with Gasteiger partial charge in [0.2, 0.25) is 0 Å². The minimum Gasteiger partial charge on any atom is -0.748 e. The molecular formula is C18H37NaO4S. The van der Waals surface area contributed by atoms with Gasteiger partial charge in [-0.25, -0.2) is 8.42 Å². The average molecular weight is 373 g/mol. The smallest absolute Gasteiger partial charge is 0.748 e. The molecule has 2 atom stereocenters. The molecule has 0 aromatic carbocycles. The predicted molar refractivity (Wildman–Crippen MR) is 95.5 cm³/mol. The molecule has 0 aliphatic heterocycles. The van der Waals surface area contributed by atoms with E-state index in [1.54, 1.807) is 0 Å². The van der Waals surface area contributed by atoms with Gasteiger partial charge in [0.1, 0.15) is 0 Å². The maximum atomic E-state index is 11.3. The molecule has 0 fully saturated rings. The number of hydrogen-bond acceptors (Lipinski definition) is 4. The molecule has 0 saturated carbocycles. The van der Waals surface area contributed by atoms with Crippen LogP contribution >= 0.6 is 0 Å². The summed E-state index contributed by atoms with van der Waals surface area (Å²) in [4.78, 5) is 0. The van der Waals surface area contributed by atoms with E-state index < -0.39 is 15.4 Å². The molecule has 24 heavy (non-hydrogen) atoms. The molecule has 0 aliphatic rings. The van der Waals surface area contributed by atoms with Crippen LogP contribution in [0.1, 0.15) is 104 Å². The molecule has 0 radical (unpaired) electrons. The summed E-state index contributed by atoms with van der Waals surface area (Å²) in [6, 6.07) is 0. The molecule has 4 nitrogen and oxygen atoms in total. The number of rotatable bonds is 16. The van der Waals surface area contributed by atoms with Gasteiger partial charge in [-0.2, -0.15) is 0 Å². The Hall–Kier alpha value is 0.870. The molecule has 140 valence electrons. The molecule has 0 spiro atoms. The normalized spacial score (nSPS) is 14.2. The van der Waals surface area contributed by atoms with Crippen molar-refractivity contribution < 1.29 is 47.6 Å². The minimum absolute atomic E-state index is 0. The first kappa shape index (κ1) is 27.1. The quantitative estimate of drug-likeness (QED) is 0.254. The van der Waals surface area contributed by atoms with Gasteiger partial charge in [0.05, 0.1) is 16.2 Å². The summed E-state index contributed by atoms with van der Waals surface area (Å²) in [5.74, 6) is 0. The molecule has 0 aromatic heterocycles. The van der Waals surface area contributed by atoms with Gasteiger partial charge in [-0.3, -0.25) is 0 Å². The number of unbranched alkanes of at least 4 members (excludes halogenated alkanes) is 7. The van der Waals surface area contributed by atoms with Gasteiger partial charge >= 0.3 is 29.6 Å². The summed E-state index contributed by atoms with van der Waals surface area (Å²) in [7, 11) is -4.18. The molecule has 1 N–H and O–H groups in total. The van der Waals surface area contributed by atoms with Crippen LogP contribution < -0.4 is 29.6 Å². The van der Waals surface area contributed by atoms with Gasteiger partial charge < -0.3 is 9.66 Å². The molecule has 2 unspecified atom stereocenters. The van der Waals surface area contributed by atoms with Gasteiger partial charge in [-0.1, -0.05) is 78.1 Å². The first-order valence-electron chi connectivity index (χ1n) is 9.54. The van der Waals surface area contributed by atoms with Crippen LogP contribution in [0.15, 0.2) is 0 Å². The van der Waals surface area contributed by atoms with Crippen molar-refractivity contribution in [1.29, 1.82) is 0 Å². The second-order valence-corrected chi connectivity index (χ2v) is 8.40. The molecule has 6 heteroatoms. The molecule has 0 rings (SSSR count). The van der Waals surface area contributed by atoms with Crippen molar-refractivity contribution in [1.82, 2.24) is 0 Å². The Morgan fingerprint density at radius 1 is 0.750 bits per heavy atom. The summed E-state index contributed by atoms with van der Waals surface area (Å²) in [5, 5.41) is 9.19. The Labute approximate surface area is 172 Å². The number of aliphatic hydroxyl groups is 1. The van der Waals surface area contributed by atoms with Crippen LogP contribution in [0.5, 0.6) is 0 Å². The maximum absolute atomic E-state index is 11.3. The molecule has 0 heterocycles. The van der Waals surface area contributed by atoms with Crippen LogP contribution in [0, 0.1) is 0 Å². The Bertz CT molecular complexity index is 360. The van der Waals surface area contributed by atoms with Crippen molar-refractivity contribution in [3.8, 4) is 0 Å². The van der Waals surface area contributed by atoms with Gasteiger partial charge in [0, 0.05) is 5.25 Å². The van der Waals surface area contributed by atoms with E-state index in [1.165, 1.54) is 25.7 Å². The van der Waals surface area contributed by atoms with Gasteiger partial charge in [-0.05, 0) is 25.7 Å². The summed E-state index contributed by atoms with van der Waals surface area (Å²) in [5.41, 5.74) is 0. The van der Waals surface area contributed by atoms with Gasteiger partial charge in [0.15, 0.2) is 0 Å². The third-order valence-electron chi connectivity index (χ3n) is 4.49. The standard InChI is InChI=1S/C18H38O4S.Na/c1-3-5-7-8-10-13-17(19)14-11-12-16-18(23(20,21)22)15-9-6-4-2;/h17-19H,3-16H2,1-2H3,(H,20,21,22);/q;+1/p-1. The van der Waals surface area contributed by atoms with E-state index in [2.05, 4.69) is 13.8 Å². The predicted octanol–water partition coefficient (Wildman–Crippen LogP) is 1.77. The molecule has 0 aliphatic carbocycles. The van der Waals surface area contributed by atoms with Gasteiger partial charge in [-0.15, -0.1) is 0 Å². The molecule has 0 bridgehead atoms.